The molecule has 4 fully saturated rings. The SMILES string of the molecule is CN(C)C(=O)c1cc2cnc(Nc3ccc(N4CCN(C5CCN(Cc6cc(F)c7c(c6)C(=O)N(C6CCC(=O)NC6=O)C7=O)CC5)CC4)cn3)nc2n1C1CCCC1. The first-order chi connectivity index (χ1) is 28.5. The predicted octanol–water partition coefficient (Wildman–Crippen LogP) is 3.71. The number of imide groups is 2. The minimum atomic E-state index is -1.13. The van der Waals surface area contributed by atoms with Crippen LogP contribution in [0.25, 0.3) is 11.0 Å². The van der Waals surface area contributed by atoms with E-state index in [1.165, 1.54) is 6.07 Å². The fourth-order valence-electron chi connectivity index (χ4n) is 9.50. The molecule has 1 aliphatic carbocycles. The van der Waals surface area contributed by atoms with Crippen molar-refractivity contribution in [1.29, 1.82) is 0 Å². The Hall–Kier alpha value is -5.81. The zero-order valence-electron chi connectivity index (χ0n) is 33.3. The van der Waals surface area contributed by atoms with E-state index < -0.39 is 35.5 Å². The van der Waals surface area contributed by atoms with Crippen LogP contribution in [0.4, 0.5) is 21.8 Å². The number of piperazine rings is 1. The molecular weight excluding hydrogens is 758 g/mol. The number of anilines is 3. The predicted molar refractivity (Wildman–Crippen MR) is 216 cm³/mol. The van der Waals surface area contributed by atoms with E-state index in [0.717, 1.165) is 99.4 Å². The number of fused-ring (bicyclic) bond motifs is 2. The smallest absolute Gasteiger partial charge is 0.270 e. The summed E-state index contributed by atoms with van der Waals surface area (Å²) in [5, 5.41) is 6.27. The third kappa shape index (κ3) is 7.41. The molecule has 5 amide bonds. The van der Waals surface area contributed by atoms with E-state index in [2.05, 4.69) is 41.0 Å². The molecule has 2 N–H and O–H groups in total. The number of carbonyl (C=O) groups is 5. The number of carbonyl (C=O) groups excluding carboxylic acids is 5. The van der Waals surface area contributed by atoms with Gasteiger partial charge in [-0.15, -0.1) is 0 Å². The van der Waals surface area contributed by atoms with Crippen LogP contribution in [0.15, 0.2) is 42.7 Å². The molecule has 1 unspecified atom stereocenters. The van der Waals surface area contributed by atoms with Crippen LogP contribution < -0.4 is 15.5 Å². The number of aromatic nitrogens is 4. The molecule has 16 nitrogen and oxygen atoms in total. The minimum Gasteiger partial charge on any atom is -0.368 e. The van der Waals surface area contributed by atoms with Gasteiger partial charge in [-0.2, -0.15) is 4.98 Å². The maximum absolute atomic E-state index is 15.3. The first-order valence-corrected chi connectivity index (χ1v) is 20.6. The molecule has 1 aromatic carbocycles. The Labute approximate surface area is 340 Å². The van der Waals surface area contributed by atoms with E-state index in [4.69, 9.17) is 9.97 Å². The lowest BCUT2D eigenvalue weighted by Crippen LogP contribution is -2.54. The number of halogens is 1. The summed E-state index contributed by atoms with van der Waals surface area (Å²) in [5.41, 5.74) is 2.70. The van der Waals surface area contributed by atoms with Crippen LogP contribution in [-0.4, -0.2) is 134 Å². The zero-order chi connectivity index (χ0) is 40.9. The molecule has 1 atom stereocenters. The number of likely N-dealkylation sites (tertiary alicyclic amines) is 1. The minimum absolute atomic E-state index is 0.00349. The van der Waals surface area contributed by atoms with Gasteiger partial charge in [0.2, 0.25) is 17.8 Å². The molecule has 0 spiro atoms. The Morgan fingerprint density at radius 2 is 1.64 bits per heavy atom. The van der Waals surface area contributed by atoms with Crippen LogP contribution in [0.5, 0.6) is 0 Å². The molecule has 308 valence electrons. The Bertz CT molecular complexity index is 2330. The lowest BCUT2D eigenvalue weighted by atomic mass is 10.00. The number of piperidine rings is 2. The summed E-state index contributed by atoms with van der Waals surface area (Å²) in [5.74, 6) is -2.47. The lowest BCUT2D eigenvalue weighted by molar-refractivity contribution is -0.136. The number of hydrogen-bond acceptors (Lipinski definition) is 12. The molecule has 7 heterocycles. The van der Waals surface area contributed by atoms with Crippen LogP contribution in [0, 0.1) is 5.82 Å². The summed E-state index contributed by atoms with van der Waals surface area (Å²) in [7, 11) is 3.54. The van der Waals surface area contributed by atoms with Gasteiger partial charge in [-0.3, -0.25) is 44.0 Å². The first kappa shape index (κ1) is 38.7. The van der Waals surface area contributed by atoms with Gasteiger partial charge in [-0.05, 0) is 81.1 Å². The third-order valence-corrected chi connectivity index (χ3v) is 12.6. The van der Waals surface area contributed by atoms with Crippen molar-refractivity contribution in [3.63, 3.8) is 0 Å². The highest BCUT2D eigenvalue weighted by molar-refractivity contribution is 6.23. The van der Waals surface area contributed by atoms with Crippen molar-refractivity contribution in [1.82, 2.24) is 44.4 Å². The molecule has 5 aliphatic rings. The number of rotatable bonds is 9. The van der Waals surface area contributed by atoms with Crippen LogP contribution >= 0.6 is 0 Å². The molecule has 4 aromatic rings. The van der Waals surface area contributed by atoms with Gasteiger partial charge in [0.15, 0.2) is 0 Å². The number of pyridine rings is 1. The van der Waals surface area contributed by atoms with Crippen molar-refractivity contribution in [2.75, 3.05) is 63.6 Å². The number of nitrogens with zero attached hydrogens (tertiary/aromatic N) is 9. The first-order valence-electron chi connectivity index (χ1n) is 20.6. The lowest BCUT2D eigenvalue weighted by Gasteiger charge is -2.43. The Morgan fingerprint density at radius 1 is 0.881 bits per heavy atom. The van der Waals surface area contributed by atoms with Crippen molar-refractivity contribution < 1.29 is 28.4 Å². The van der Waals surface area contributed by atoms with Crippen molar-refractivity contribution >= 4 is 58.0 Å². The summed E-state index contributed by atoms with van der Waals surface area (Å²) in [4.78, 5) is 87.1. The molecule has 3 aromatic heterocycles. The summed E-state index contributed by atoms with van der Waals surface area (Å²) in [6, 6.07) is 8.32. The number of amides is 5. The van der Waals surface area contributed by atoms with Gasteiger partial charge in [0.1, 0.15) is 29.0 Å². The van der Waals surface area contributed by atoms with Crippen LogP contribution in [0.1, 0.15) is 94.2 Å². The van der Waals surface area contributed by atoms with Crippen LogP contribution in [-0.2, 0) is 16.1 Å². The quantitative estimate of drug-likeness (QED) is 0.236. The van der Waals surface area contributed by atoms with E-state index in [-0.39, 0.29) is 35.9 Å². The molecular formula is C42H48FN11O5. The fourth-order valence-corrected chi connectivity index (χ4v) is 9.50. The second-order valence-corrected chi connectivity index (χ2v) is 16.5. The summed E-state index contributed by atoms with van der Waals surface area (Å²) in [6.45, 7) is 5.66. The number of hydrogen-bond donors (Lipinski definition) is 2. The second-order valence-electron chi connectivity index (χ2n) is 16.5. The molecule has 0 bridgehead atoms. The van der Waals surface area contributed by atoms with Crippen molar-refractivity contribution in [2.24, 2.45) is 0 Å². The monoisotopic (exact) mass is 805 g/mol. The Balaban J connectivity index is 0.772. The van der Waals surface area contributed by atoms with Gasteiger partial charge >= 0.3 is 0 Å². The van der Waals surface area contributed by atoms with E-state index in [0.29, 0.717) is 35.6 Å². The topological polar surface area (TPSA) is 169 Å². The molecule has 1 saturated carbocycles. The van der Waals surface area contributed by atoms with Crippen molar-refractivity contribution in [3.8, 4) is 0 Å². The maximum Gasteiger partial charge on any atom is 0.270 e. The van der Waals surface area contributed by atoms with Gasteiger partial charge in [0.05, 0.1) is 23.0 Å². The maximum atomic E-state index is 15.3. The highest BCUT2D eigenvalue weighted by Gasteiger charge is 2.46. The largest absolute Gasteiger partial charge is 0.368 e. The highest BCUT2D eigenvalue weighted by atomic mass is 19.1. The Morgan fingerprint density at radius 3 is 2.34 bits per heavy atom. The molecule has 0 radical (unpaired) electrons. The van der Waals surface area contributed by atoms with Gasteiger partial charge in [-0.1, -0.05) is 12.8 Å². The average molecular weight is 806 g/mol. The van der Waals surface area contributed by atoms with Crippen molar-refractivity contribution in [3.05, 3.63) is 70.9 Å². The standard InChI is InChI=1S/C42H48FN11O5/c1-49(2)40(58)33-21-26-22-45-42(48-37(26)53(33)28-5-3-4-6-28)46-34-9-7-29(23-44-34)52-17-15-51(16-18-52)27-11-13-50(14-12-27)24-25-19-30-36(31(43)20-25)41(59)54(39(30)57)32-8-10-35(55)47-38(32)56/h7,9,19-23,27-28,32H,3-6,8,10-18,24H2,1-2H3,(H,47,55,56)(H,44,45,46,48). The van der Waals surface area contributed by atoms with Gasteiger partial charge in [0.25, 0.3) is 17.7 Å². The van der Waals surface area contributed by atoms with Crippen molar-refractivity contribution in [2.45, 2.75) is 76.0 Å². The fraction of sp³-hybridized carbons (Fsp3) is 0.476. The van der Waals surface area contributed by atoms with Gasteiger partial charge < -0.3 is 19.7 Å². The Kier molecular flexibility index (Phi) is 10.3. The van der Waals surface area contributed by atoms with Crippen LogP contribution in [0.2, 0.25) is 0 Å². The highest BCUT2D eigenvalue weighted by Crippen LogP contribution is 2.35. The van der Waals surface area contributed by atoms with Gasteiger partial charge in [-0.25, -0.2) is 14.4 Å². The normalized spacial score (nSPS) is 21.1. The molecule has 9 rings (SSSR count). The zero-order valence-corrected chi connectivity index (χ0v) is 33.3. The van der Waals surface area contributed by atoms with Gasteiger partial charge in [0, 0.05) is 76.9 Å². The second kappa shape index (κ2) is 15.7. The average Bonchev–Trinajstić information content (AvgIpc) is 3.95. The molecule has 59 heavy (non-hydrogen) atoms. The summed E-state index contributed by atoms with van der Waals surface area (Å²) >= 11 is 0. The summed E-state index contributed by atoms with van der Waals surface area (Å²) < 4.78 is 17.4. The van der Waals surface area contributed by atoms with E-state index in [1.54, 1.807) is 31.3 Å². The molecule has 4 aliphatic heterocycles. The number of nitrogens with one attached hydrogen (secondary N) is 2. The van der Waals surface area contributed by atoms with E-state index in [9.17, 15) is 24.0 Å². The molecule has 3 saturated heterocycles. The van der Waals surface area contributed by atoms with E-state index in [1.807, 2.05) is 18.3 Å². The summed E-state index contributed by atoms with van der Waals surface area (Å²) in [6.07, 6.45) is 9.91. The molecule has 17 heteroatoms. The number of benzene rings is 1. The van der Waals surface area contributed by atoms with Crippen LogP contribution in [0.3, 0.4) is 0 Å². The third-order valence-electron chi connectivity index (χ3n) is 12.6. The van der Waals surface area contributed by atoms with E-state index >= 15 is 4.39 Å².